The van der Waals surface area contributed by atoms with Crippen LogP contribution < -0.4 is 10.0 Å². The normalized spacial score (nSPS) is 11.2. The summed E-state index contributed by atoms with van der Waals surface area (Å²) in [5.41, 5.74) is 0.657. The molecule has 2 N–H and O–H groups in total. The molecule has 2 aromatic heterocycles. The largest absolute Gasteiger partial charge is 0.369 e. The Bertz CT molecular complexity index is 659. The summed E-state index contributed by atoms with van der Waals surface area (Å²) in [5.74, 6) is 0.350. The number of anilines is 1. The number of nitrogens with one attached hydrogen (secondary N) is 2. The average Bonchev–Trinajstić information content (AvgIpc) is 2.47. The summed E-state index contributed by atoms with van der Waals surface area (Å²) in [7, 11) is -3.63. The van der Waals surface area contributed by atoms with Gasteiger partial charge in [0.2, 0.25) is 10.0 Å². The van der Waals surface area contributed by atoms with Crippen LogP contribution in [0.1, 0.15) is 12.6 Å². The smallest absolute Gasteiger partial charge is 0.244 e. The SMILES string of the molecule is CCNc1ncccc1S(=O)(=O)NCc1ccccn1. The van der Waals surface area contributed by atoms with Gasteiger partial charge in [-0.05, 0) is 31.2 Å². The van der Waals surface area contributed by atoms with E-state index in [0.29, 0.717) is 18.1 Å². The standard InChI is InChI=1S/C13H16N4O2S/c1-2-14-13-12(7-5-9-16-13)20(18,19)17-10-11-6-3-4-8-15-11/h3-9,17H,2,10H2,1H3,(H,14,16). The molecule has 0 radical (unpaired) electrons. The van der Waals surface area contributed by atoms with Gasteiger partial charge in [-0.3, -0.25) is 4.98 Å². The molecule has 0 aliphatic carbocycles. The molecule has 0 aromatic carbocycles. The third kappa shape index (κ3) is 3.52. The molecule has 2 aromatic rings. The summed E-state index contributed by atoms with van der Waals surface area (Å²) in [4.78, 5) is 8.26. The maximum absolute atomic E-state index is 12.3. The van der Waals surface area contributed by atoms with Gasteiger partial charge in [-0.15, -0.1) is 0 Å². The minimum atomic E-state index is -3.63. The van der Waals surface area contributed by atoms with Gasteiger partial charge in [0.25, 0.3) is 0 Å². The van der Waals surface area contributed by atoms with Crippen molar-refractivity contribution in [3.8, 4) is 0 Å². The lowest BCUT2D eigenvalue weighted by Crippen LogP contribution is -2.25. The first-order valence-corrected chi connectivity index (χ1v) is 7.70. The van der Waals surface area contributed by atoms with E-state index in [0.717, 1.165) is 0 Å². The number of rotatable bonds is 6. The second-order valence-corrected chi connectivity index (χ2v) is 5.76. The summed E-state index contributed by atoms with van der Waals surface area (Å²) in [6, 6.07) is 8.46. The molecule has 0 aliphatic rings. The number of pyridine rings is 2. The lowest BCUT2D eigenvalue weighted by molar-refractivity contribution is 0.580. The monoisotopic (exact) mass is 292 g/mol. The molecule has 0 aliphatic heterocycles. The molecule has 0 atom stereocenters. The van der Waals surface area contributed by atoms with Crippen LogP contribution in [0.4, 0.5) is 5.82 Å². The van der Waals surface area contributed by atoms with E-state index >= 15 is 0 Å². The zero-order valence-corrected chi connectivity index (χ0v) is 11.9. The minimum Gasteiger partial charge on any atom is -0.369 e. The fourth-order valence-corrected chi connectivity index (χ4v) is 2.79. The molecule has 0 saturated carbocycles. The van der Waals surface area contributed by atoms with Gasteiger partial charge in [0.1, 0.15) is 10.7 Å². The van der Waals surface area contributed by atoms with E-state index in [9.17, 15) is 8.42 Å². The van der Waals surface area contributed by atoms with Gasteiger partial charge >= 0.3 is 0 Å². The van der Waals surface area contributed by atoms with Crippen molar-refractivity contribution in [1.82, 2.24) is 14.7 Å². The van der Waals surface area contributed by atoms with Gasteiger partial charge < -0.3 is 5.32 Å². The van der Waals surface area contributed by atoms with Crippen LogP contribution in [0, 0.1) is 0 Å². The van der Waals surface area contributed by atoms with Gasteiger partial charge in [0.15, 0.2) is 0 Å². The van der Waals surface area contributed by atoms with Crippen molar-refractivity contribution in [3.05, 3.63) is 48.4 Å². The summed E-state index contributed by atoms with van der Waals surface area (Å²) < 4.78 is 27.1. The van der Waals surface area contributed by atoms with E-state index in [1.54, 1.807) is 30.6 Å². The van der Waals surface area contributed by atoms with E-state index in [4.69, 9.17) is 0 Å². The van der Waals surface area contributed by atoms with Crippen LogP contribution in [0.25, 0.3) is 0 Å². The Morgan fingerprint density at radius 3 is 2.60 bits per heavy atom. The molecule has 2 rings (SSSR count). The first-order valence-electron chi connectivity index (χ1n) is 6.22. The van der Waals surface area contributed by atoms with Crippen LogP contribution in [0.3, 0.4) is 0 Å². The molecule has 0 saturated heterocycles. The molecule has 20 heavy (non-hydrogen) atoms. The number of sulfonamides is 1. The topological polar surface area (TPSA) is 84.0 Å². The van der Waals surface area contributed by atoms with Gasteiger partial charge in [-0.25, -0.2) is 18.1 Å². The summed E-state index contributed by atoms with van der Waals surface area (Å²) in [6.45, 7) is 2.62. The highest BCUT2D eigenvalue weighted by Gasteiger charge is 2.18. The van der Waals surface area contributed by atoms with Crippen molar-refractivity contribution in [1.29, 1.82) is 0 Å². The zero-order chi connectivity index (χ0) is 14.4. The molecule has 0 bridgehead atoms. The number of hydrogen-bond donors (Lipinski definition) is 2. The van der Waals surface area contributed by atoms with Gasteiger partial charge in [0.05, 0.1) is 12.2 Å². The van der Waals surface area contributed by atoms with Crippen LogP contribution in [-0.4, -0.2) is 24.9 Å². The number of nitrogens with zero attached hydrogens (tertiary/aromatic N) is 2. The van der Waals surface area contributed by atoms with Crippen molar-refractivity contribution >= 4 is 15.8 Å². The Morgan fingerprint density at radius 1 is 1.10 bits per heavy atom. The molecule has 2 heterocycles. The zero-order valence-electron chi connectivity index (χ0n) is 11.1. The fraction of sp³-hybridized carbons (Fsp3) is 0.231. The van der Waals surface area contributed by atoms with Gasteiger partial charge in [-0.2, -0.15) is 0 Å². The lowest BCUT2D eigenvalue weighted by Gasteiger charge is -2.10. The highest BCUT2D eigenvalue weighted by molar-refractivity contribution is 7.89. The van der Waals surface area contributed by atoms with E-state index in [1.807, 2.05) is 13.0 Å². The Balaban J connectivity index is 2.18. The molecule has 0 fully saturated rings. The molecule has 0 amide bonds. The third-order valence-corrected chi connectivity index (χ3v) is 4.01. The Hall–Kier alpha value is -1.99. The van der Waals surface area contributed by atoms with Gasteiger partial charge in [-0.1, -0.05) is 6.07 Å². The minimum absolute atomic E-state index is 0.137. The first-order chi connectivity index (χ1) is 9.63. The molecule has 6 nitrogen and oxygen atoms in total. The third-order valence-electron chi connectivity index (χ3n) is 2.57. The Kier molecular flexibility index (Phi) is 4.65. The van der Waals surface area contributed by atoms with E-state index in [2.05, 4.69) is 20.0 Å². The van der Waals surface area contributed by atoms with Crippen LogP contribution in [-0.2, 0) is 16.6 Å². The Morgan fingerprint density at radius 2 is 1.90 bits per heavy atom. The fourth-order valence-electron chi connectivity index (χ4n) is 1.66. The predicted octanol–water partition coefficient (Wildman–Crippen LogP) is 1.39. The van der Waals surface area contributed by atoms with Crippen molar-refractivity contribution in [2.75, 3.05) is 11.9 Å². The highest BCUT2D eigenvalue weighted by atomic mass is 32.2. The van der Waals surface area contributed by atoms with E-state index in [1.165, 1.54) is 6.07 Å². The van der Waals surface area contributed by atoms with Gasteiger partial charge in [0, 0.05) is 18.9 Å². The molecule has 0 unspecified atom stereocenters. The molecule has 7 heteroatoms. The Labute approximate surface area is 118 Å². The second kappa shape index (κ2) is 6.44. The molecule has 106 valence electrons. The molecular formula is C13H16N4O2S. The molecular weight excluding hydrogens is 276 g/mol. The predicted molar refractivity (Wildman–Crippen MR) is 76.7 cm³/mol. The number of hydrogen-bond acceptors (Lipinski definition) is 5. The molecule has 0 spiro atoms. The summed E-state index contributed by atoms with van der Waals surface area (Å²) in [5, 5.41) is 2.93. The van der Waals surface area contributed by atoms with Crippen molar-refractivity contribution in [2.45, 2.75) is 18.4 Å². The van der Waals surface area contributed by atoms with Crippen molar-refractivity contribution in [2.24, 2.45) is 0 Å². The summed E-state index contributed by atoms with van der Waals surface area (Å²) in [6.07, 6.45) is 3.17. The van der Waals surface area contributed by atoms with Crippen LogP contribution in [0.15, 0.2) is 47.6 Å². The van der Waals surface area contributed by atoms with Crippen LogP contribution in [0.5, 0.6) is 0 Å². The second-order valence-electron chi connectivity index (χ2n) is 4.03. The first kappa shape index (κ1) is 14.4. The van der Waals surface area contributed by atoms with Crippen LogP contribution in [0.2, 0.25) is 0 Å². The van der Waals surface area contributed by atoms with Crippen molar-refractivity contribution in [3.63, 3.8) is 0 Å². The van der Waals surface area contributed by atoms with E-state index in [-0.39, 0.29) is 11.4 Å². The van der Waals surface area contributed by atoms with E-state index < -0.39 is 10.0 Å². The highest BCUT2D eigenvalue weighted by Crippen LogP contribution is 2.17. The maximum Gasteiger partial charge on any atom is 0.244 e. The quantitative estimate of drug-likeness (QED) is 0.840. The van der Waals surface area contributed by atoms with Crippen LogP contribution >= 0.6 is 0 Å². The average molecular weight is 292 g/mol. The summed E-state index contributed by atoms with van der Waals surface area (Å²) >= 11 is 0. The maximum atomic E-state index is 12.3. The number of aromatic nitrogens is 2. The lowest BCUT2D eigenvalue weighted by atomic mass is 10.4. The van der Waals surface area contributed by atoms with Crippen molar-refractivity contribution < 1.29 is 8.42 Å².